The van der Waals surface area contributed by atoms with E-state index in [-0.39, 0.29) is 23.2 Å². The molecular formula is C17H12F2N2O2S. The smallest absolute Gasteiger partial charge is 0.295 e. The van der Waals surface area contributed by atoms with E-state index in [0.717, 1.165) is 16.7 Å². The van der Waals surface area contributed by atoms with Gasteiger partial charge in [0.15, 0.2) is 0 Å². The van der Waals surface area contributed by atoms with Crippen molar-refractivity contribution in [3.05, 3.63) is 70.6 Å². The minimum absolute atomic E-state index is 0.0168. The fourth-order valence-corrected chi connectivity index (χ4v) is 2.92. The van der Waals surface area contributed by atoms with Gasteiger partial charge in [-0.2, -0.15) is 0 Å². The summed E-state index contributed by atoms with van der Waals surface area (Å²) >= 11 is 0.823. The highest BCUT2D eigenvalue weighted by atomic mass is 32.2. The third-order valence-corrected chi connectivity index (χ3v) is 4.23. The second-order valence-corrected chi connectivity index (χ2v) is 6.00. The molecule has 0 aromatic heterocycles. The Hall–Kier alpha value is -2.67. The molecule has 0 spiro atoms. The standard InChI is InChI=1S/C17H12F2N2O2S/c18-12-3-1-11(2-4-12)9-15-16(22)21(17(23)24-15)10-20-14-7-5-13(19)6-8-14/h1-9,20H,10H2. The maximum Gasteiger partial charge on any atom is 0.295 e. The van der Waals surface area contributed by atoms with E-state index in [1.165, 1.54) is 48.5 Å². The minimum Gasteiger partial charge on any atom is -0.367 e. The monoisotopic (exact) mass is 346 g/mol. The summed E-state index contributed by atoms with van der Waals surface area (Å²) in [6.45, 7) is -0.0168. The van der Waals surface area contributed by atoms with Crippen LogP contribution < -0.4 is 5.32 Å². The van der Waals surface area contributed by atoms with Gasteiger partial charge in [0.25, 0.3) is 11.1 Å². The second kappa shape index (κ2) is 6.84. The van der Waals surface area contributed by atoms with Gasteiger partial charge in [-0.1, -0.05) is 12.1 Å². The number of carbonyl (C=O) groups excluding carboxylic acids is 2. The average molecular weight is 346 g/mol. The molecule has 2 aromatic rings. The van der Waals surface area contributed by atoms with E-state index in [2.05, 4.69) is 5.32 Å². The van der Waals surface area contributed by atoms with Crippen LogP contribution in [0.3, 0.4) is 0 Å². The maximum atomic E-state index is 12.9. The van der Waals surface area contributed by atoms with Crippen molar-refractivity contribution >= 4 is 34.7 Å². The van der Waals surface area contributed by atoms with Crippen LogP contribution in [0.4, 0.5) is 19.3 Å². The lowest BCUT2D eigenvalue weighted by Crippen LogP contribution is -2.33. The number of hydrogen-bond acceptors (Lipinski definition) is 4. The highest BCUT2D eigenvalue weighted by Gasteiger charge is 2.34. The molecule has 1 saturated heterocycles. The lowest BCUT2D eigenvalue weighted by molar-refractivity contribution is -0.122. The third-order valence-electron chi connectivity index (χ3n) is 3.33. The SMILES string of the molecule is O=C1SC(=Cc2ccc(F)cc2)C(=O)N1CNc1ccc(F)cc1. The fourth-order valence-electron chi connectivity index (χ4n) is 2.08. The number of hydrogen-bond donors (Lipinski definition) is 1. The van der Waals surface area contributed by atoms with Crippen LogP contribution in [0.2, 0.25) is 0 Å². The van der Waals surface area contributed by atoms with Gasteiger partial charge in [-0.3, -0.25) is 14.5 Å². The van der Waals surface area contributed by atoms with E-state index < -0.39 is 11.1 Å². The topological polar surface area (TPSA) is 49.4 Å². The first kappa shape index (κ1) is 16.2. The molecule has 122 valence electrons. The number of thioether (sulfide) groups is 1. The summed E-state index contributed by atoms with van der Waals surface area (Å²) in [5.41, 5.74) is 1.23. The largest absolute Gasteiger partial charge is 0.367 e. The Balaban J connectivity index is 1.69. The maximum absolute atomic E-state index is 12.9. The van der Waals surface area contributed by atoms with E-state index in [1.807, 2.05) is 0 Å². The van der Waals surface area contributed by atoms with E-state index in [1.54, 1.807) is 6.08 Å². The molecule has 1 aliphatic heterocycles. The first-order chi connectivity index (χ1) is 11.5. The number of carbonyl (C=O) groups is 2. The second-order valence-electron chi connectivity index (χ2n) is 5.00. The van der Waals surface area contributed by atoms with Gasteiger partial charge in [-0.25, -0.2) is 8.78 Å². The van der Waals surface area contributed by atoms with Gasteiger partial charge >= 0.3 is 0 Å². The summed E-state index contributed by atoms with van der Waals surface area (Å²) in [7, 11) is 0. The quantitative estimate of drug-likeness (QED) is 0.848. The molecule has 0 bridgehead atoms. The minimum atomic E-state index is -0.427. The Morgan fingerprint density at radius 3 is 2.17 bits per heavy atom. The number of nitrogens with one attached hydrogen (secondary N) is 1. The number of imide groups is 1. The van der Waals surface area contributed by atoms with Gasteiger partial charge in [0.2, 0.25) is 0 Å². The van der Waals surface area contributed by atoms with Crippen molar-refractivity contribution in [3.63, 3.8) is 0 Å². The number of benzene rings is 2. The van der Waals surface area contributed by atoms with Crippen LogP contribution in [0.15, 0.2) is 53.4 Å². The van der Waals surface area contributed by atoms with Crippen LogP contribution in [0.1, 0.15) is 5.56 Å². The molecule has 24 heavy (non-hydrogen) atoms. The van der Waals surface area contributed by atoms with Crippen LogP contribution in [-0.4, -0.2) is 22.7 Å². The summed E-state index contributed by atoms with van der Waals surface area (Å²) in [6.07, 6.45) is 1.54. The zero-order valence-electron chi connectivity index (χ0n) is 12.3. The van der Waals surface area contributed by atoms with Crippen LogP contribution in [0, 0.1) is 11.6 Å². The van der Waals surface area contributed by atoms with Crippen molar-refractivity contribution in [3.8, 4) is 0 Å². The Bertz CT molecular complexity index is 804. The molecule has 0 radical (unpaired) electrons. The predicted octanol–water partition coefficient (Wildman–Crippen LogP) is 4.07. The van der Waals surface area contributed by atoms with Crippen LogP contribution in [0.25, 0.3) is 6.08 Å². The van der Waals surface area contributed by atoms with E-state index in [9.17, 15) is 18.4 Å². The van der Waals surface area contributed by atoms with Crippen molar-refractivity contribution in [1.82, 2.24) is 4.90 Å². The van der Waals surface area contributed by atoms with Gasteiger partial charge in [0.1, 0.15) is 11.6 Å². The molecule has 7 heteroatoms. The highest BCUT2D eigenvalue weighted by molar-refractivity contribution is 8.18. The van der Waals surface area contributed by atoms with Crippen molar-refractivity contribution < 1.29 is 18.4 Å². The predicted molar refractivity (Wildman–Crippen MR) is 89.1 cm³/mol. The molecule has 3 rings (SSSR count). The van der Waals surface area contributed by atoms with Crippen molar-refractivity contribution in [1.29, 1.82) is 0 Å². The summed E-state index contributed by atoms with van der Waals surface area (Å²) in [4.78, 5) is 25.6. The average Bonchev–Trinajstić information content (AvgIpc) is 2.83. The summed E-state index contributed by atoms with van der Waals surface area (Å²) < 4.78 is 25.8. The van der Waals surface area contributed by atoms with Gasteiger partial charge < -0.3 is 5.32 Å². The van der Waals surface area contributed by atoms with Gasteiger partial charge in [0.05, 0.1) is 11.6 Å². The Morgan fingerprint density at radius 1 is 0.958 bits per heavy atom. The summed E-state index contributed by atoms with van der Waals surface area (Å²) in [6, 6.07) is 11.2. The molecule has 1 heterocycles. The fraction of sp³-hybridized carbons (Fsp3) is 0.0588. The van der Waals surface area contributed by atoms with Crippen LogP contribution in [0.5, 0.6) is 0 Å². The Labute approximate surface area is 141 Å². The first-order valence-corrected chi connectivity index (χ1v) is 7.85. The van der Waals surface area contributed by atoms with E-state index in [0.29, 0.717) is 11.3 Å². The van der Waals surface area contributed by atoms with Crippen molar-refractivity contribution in [2.75, 3.05) is 12.0 Å². The van der Waals surface area contributed by atoms with E-state index in [4.69, 9.17) is 0 Å². The molecule has 4 nitrogen and oxygen atoms in total. The molecule has 0 unspecified atom stereocenters. The zero-order chi connectivity index (χ0) is 17.1. The third kappa shape index (κ3) is 3.62. The molecule has 0 atom stereocenters. The Morgan fingerprint density at radius 2 is 1.54 bits per heavy atom. The molecule has 1 N–H and O–H groups in total. The normalized spacial score (nSPS) is 16.1. The number of amides is 2. The van der Waals surface area contributed by atoms with Gasteiger partial charge in [-0.15, -0.1) is 0 Å². The van der Waals surface area contributed by atoms with Gasteiger partial charge in [0, 0.05) is 5.69 Å². The van der Waals surface area contributed by atoms with E-state index >= 15 is 0 Å². The number of nitrogens with zero attached hydrogens (tertiary/aromatic N) is 1. The molecule has 0 aliphatic carbocycles. The summed E-state index contributed by atoms with van der Waals surface area (Å²) in [5, 5.41) is 2.49. The number of rotatable bonds is 4. The molecular weight excluding hydrogens is 334 g/mol. The molecule has 2 amide bonds. The van der Waals surface area contributed by atoms with Gasteiger partial charge in [-0.05, 0) is 59.8 Å². The first-order valence-electron chi connectivity index (χ1n) is 7.03. The molecule has 2 aromatic carbocycles. The van der Waals surface area contributed by atoms with Crippen LogP contribution >= 0.6 is 11.8 Å². The number of anilines is 1. The van der Waals surface area contributed by atoms with Crippen LogP contribution in [-0.2, 0) is 4.79 Å². The lowest BCUT2D eigenvalue weighted by Gasteiger charge is -2.14. The molecule has 1 fully saturated rings. The Kier molecular flexibility index (Phi) is 4.61. The van der Waals surface area contributed by atoms with Crippen molar-refractivity contribution in [2.45, 2.75) is 0 Å². The molecule has 1 aliphatic rings. The number of halogens is 2. The summed E-state index contributed by atoms with van der Waals surface area (Å²) in [5.74, 6) is -1.17. The van der Waals surface area contributed by atoms with Crippen molar-refractivity contribution in [2.24, 2.45) is 0 Å². The highest BCUT2D eigenvalue weighted by Crippen LogP contribution is 2.32. The molecule has 0 saturated carbocycles. The lowest BCUT2D eigenvalue weighted by atomic mass is 10.2. The zero-order valence-corrected chi connectivity index (χ0v) is 13.1.